The maximum absolute atomic E-state index is 8.75. The first-order valence-corrected chi connectivity index (χ1v) is 3.70. The largest absolute Gasteiger partial charge is 0.391 e. The van der Waals surface area contributed by atoms with Crippen molar-refractivity contribution >= 4 is 12.6 Å². The molecule has 0 aromatic heterocycles. The molecule has 0 saturated carbocycles. The third-order valence-electron chi connectivity index (χ3n) is 0.879. The average Bonchev–Trinajstić information content (AvgIpc) is 1.83. The third kappa shape index (κ3) is 6.15. The maximum atomic E-state index is 8.75. The van der Waals surface area contributed by atoms with E-state index in [0.717, 1.165) is 0 Å². The van der Waals surface area contributed by atoms with E-state index in [2.05, 4.69) is 12.6 Å². The fourth-order valence-electron chi connectivity index (χ4n) is 0.356. The molecule has 0 amide bonds. The number of aliphatic hydroxyl groups excluding tert-OH is 1. The molecule has 0 bridgehead atoms. The fourth-order valence-corrected chi connectivity index (χ4v) is 0.462. The van der Waals surface area contributed by atoms with E-state index in [-0.39, 0.29) is 12.2 Å². The standard InChI is InChI=1S/C6H14O2S/c1-5(7)3-8-6(2)4-9/h5-7,9H,3-4H2,1-2H3. The van der Waals surface area contributed by atoms with E-state index in [1.165, 1.54) is 0 Å². The third-order valence-corrected chi connectivity index (χ3v) is 1.39. The molecule has 0 aromatic rings. The average molecular weight is 150 g/mol. The molecular weight excluding hydrogens is 136 g/mol. The summed E-state index contributed by atoms with van der Waals surface area (Å²) in [6, 6.07) is 0. The minimum atomic E-state index is -0.368. The first-order chi connectivity index (χ1) is 4.16. The van der Waals surface area contributed by atoms with Crippen LogP contribution in [0.25, 0.3) is 0 Å². The second-order valence-corrected chi connectivity index (χ2v) is 2.54. The van der Waals surface area contributed by atoms with Crippen molar-refractivity contribution in [3.63, 3.8) is 0 Å². The van der Waals surface area contributed by atoms with Crippen LogP contribution in [-0.2, 0) is 4.74 Å². The van der Waals surface area contributed by atoms with E-state index in [1.54, 1.807) is 6.92 Å². The molecule has 0 fully saturated rings. The van der Waals surface area contributed by atoms with Gasteiger partial charge in [-0.1, -0.05) is 0 Å². The number of thiol groups is 1. The number of hydrogen-bond acceptors (Lipinski definition) is 3. The lowest BCUT2D eigenvalue weighted by Crippen LogP contribution is -2.17. The highest BCUT2D eigenvalue weighted by Crippen LogP contribution is 1.94. The van der Waals surface area contributed by atoms with Crippen LogP contribution >= 0.6 is 12.6 Å². The van der Waals surface area contributed by atoms with Crippen LogP contribution in [0.15, 0.2) is 0 Å². The van der Waals surface area contributed by atoms with Gasteiger partial charge in [0.15, 0.2) is 0 Å². The van der Waals surface area contributed by atoms with Crippen LogP contribution < -0.4 is 0 Å². The van der Waals surface area contributed by atoms with E-state index in [4.69, 9.17) is 9.84 Å². The zero-order valence-electron chi connectivity index (χ0n) is 5.87. The molecule has 2 nitrogen and oxygen atoms in total. The van der Waals surface area contributed by atoms with Crippen molar-refractivity contribution in [2.24, 2.45) is 0 Å². The predicted molar refractivity (Wildman–Crippen MR) is 40.9 cm³/mol. The Balaban J connectivity index is 3.06. The molecule has 56 valence electrons. The van der Waals surface area contributed by atoms with Crippen molar-refractivity contribution in [1.29, 1.82) is 0 Å². The topological polar surface area (TPSA) is 29.5 Å². The van der Waals surface area contributed by atoms with Gasteiger partial charge in [-0.3, -0.25) is 0 Å². The van der Waals surface area contributed by atoms with Gasteiger partial charge in [0.05, 0.1) is 18.8 Å². The molecule has 9 heavy (non-hydrogen) atoms. The maximum Gasteiger partial charge on any atom is 0.0745 e. The molecular formula is C6H14O2S. The molecule has 0 aromatic carbocycles. The predicted octanol–water partition coefficient (Wildman–Crippen LogP) is 0.702. The van der Waals surface area contributed by atoms with Crippen molar-refractivity contribution in [2.75, 3.05) is 12.4 Å². The number of rotatable bonds is 4. The van der Waals surface area contributed by atoms with Crippen molar-refractivity contribution < 1.29 is 9.84 Å². The Bertz CT molecular complexity index is 66.1. The van der Waals surface area contributed by atoms with E-state index in [0.29, 0.717) is 12.4 Å². The Morgan fingerprint density at radius 3 is 2.44 bits per heavy atom. The molecule has 0 spiro atoms. The van der Waals surface area contributed by atoms with Crippen molar-refractivity contribution in [3.8, 4) is 0 Å². The summed E-state index contributed by atoms with van der Waals surface area (Å²) in [5, 5.41) is 8.75. The Kier molecular flexibility index (Phi) is 5.24. The highest BCUT2D eigenvalue weighted by atomic mass is 32.1. The van der Waals surface area contributed by atoms with Crippen LogP contribution in [0.2, 0.25) is 0 Å². The van der Waals surface area contributed by atoms with E-state index in [9.17, 15) is 0 Å². The summed E-state index contributed by atoms with van der Waals surface area (Å²) in [5.74, 6) is 0.701. The molecule has 0 radical (unpaired) electrons. The Morgan fingerprint density at radius 1 is 1.56 bits per heavy atom. The van der Waals surface area contributed by atoms with Gasteiger partial charge in [0.2, 0.25) is 0 Å². The Hall–Kier alpha value is 0.270. The second kappa shape index (κ2) is 5.09. The van der Waals surface area contributed by atoms with Gasteiger partial charge < -0.3 is 9.84 Å². The molecule has 0 aliphatic heterocycles. The first-order valence-electron chi connectivity index (χ1n) is 3.07. The molecule has 0 heterocycles. The van der Waals surface area contributed by atoms with Gasteiger partial charge in [0, 0.05) is 5.75 Å². The van der Waals surface area contributed by atoms with Gasteiger partial charge in [0.1, 0.15) is 0 Å². The zero-order chi connectivity index (χ0) is 7.28. The quantitative estimate of drug-likeness (QED) is 0.578. The van der Waals surface area contributed by atoms with E-state index in [1.807, 2.05) is 6.92 Å². The van der Waals surface area contributed by atoms with Crippen LogP contribution in [0.5, 0.6) is 0 Å². The Morgan fingerprint density at radius 2 is 2.11 bits per heavy atom. The number of aliphatic hydroxyl groups is 1. The summed E-state index contributed by atoms with van der Waals surface area (Å²) in [6.07, 6.45) is -0.227. The van der Waals surface area contributed by atoms with Crippen molar-refractivity contribution in [2.45, 2.75) is 26.1 Å². The molecule has 2 atom stereocenters. The molecule has 3 heteroatoms. The highest BCUT2D eigenvalue weighted by Gasteiger charge is 2.00. The molecule has 0 saturated heterocycles. The van der Waals surface area contributed by atoms with Crippen LogP contribution in [0.4, 0.5) is 0 Å². The number of hydrogen-bond donors (Lipinski definition) is 2. The lowest BCUT2D eigenvalue weighted by Gasteiger charge is -2.10. The molecule has 1 N–H and O–H groups in total. The fraction of sp³-hybridized carbons (Fsp3) is 1.00. The summed E-state index contributed by atoms with van der Waals surface area (Å²) >= 11 is 4.01. The minimum absolute atomic E-state index is 0.142. The van der Waals surface area contributed by atoms with Gasteiger partial charge in [-0.05, 0) is 13.8 Å². The lowest BCUT2D eigenvalue weighted by atomic mass is 10.4. The van der Waals surface area contributed by atoms with Crippen molar-refractivity contribution in [3.05, 3.63) is 0 Å². The first kappa shape index (κ1) is 9.27. The SMILES string of the molecule is CC(O)COC(C)CS. The minimum Gasteiger partial charge on any atom is -0.391 e. The molecule has 2 unspecified atom stereocenters. The summed E-state index contributed by atoms with van der Waals surface area (Å²) in [5.41, 5.74) is 0. The lowest BCUT2D eigenvalue weighted by molar-refractivity contribution is 0.0155. The molecule has 0 rings (SSSR count). The summed E-state index contributed by atoms with van der Waals surface area (Å²) in [6.45, 7) is 4.03. The van der Waals surface area contributed by atoms with E-state index < -0.39 is 0 Å². The smallest absolute Gasteiger partial charge is 0.0745 e. The van der Waals surface area contributed by atoms with Crippen molar-refractivity contribution in [1.82, 2.24) is 0 Å². The zero-order valence-corrected chi connectivity index (χ0v) is 6.77. The van der Waals surface area contributed by atoms with E-state index >= 15 is 0 Å². The highest BCUT2D eigenvalue weighted by molar-refractivity contribution is 7.80. The normalized spacial score (nSPS) is 17.3. The van der Waals surface area contributed by atoms with Gasteiger partial charge in [-0.2, -0.15) is 12.6 Å². The molecule has 0 aliphatic carbocycles. The van der Waals surface area contributed by atoms with Gasteiger partial charge >= 0.3 is 0 Å². The van der Waals surface area contributed by atoms with Gasteiger partial charge in [0.25, 0.3) is 0 Å². The Labute approximate surface area is 61.6 Å². The van der Waals surface area contributed by atoms with Gasteiger partial charge in [-0.25, -0.2) is 0 Å². The van der Waals surface area contributed by atoms with Crippen LogP contribution in [-0.4, -0.2) is 29.7 Å². The van der Waals surface area contributed by atoms with Crippen LogP contribution in [0.3, 0.4) is 0 Å². The monoisotopic (exact) mass is 150 g/mol. The number of ether oxygens (including phenoxy) is 1. The summed E-state index contributed by atoms with van der Waals surface area (Å²) < 4.78 is 5.13. The molecule has 0 aliphatic rings. The second-order valence-electron chi connectivity index (χ2n) is 2.18. The summed E-state index contributed by atoms with van der Waals surface area (Å²) in [7, 11) is 0. The van der Waals surface area contributed by atoms with Gasteiger partial charge in [-0.15, -0.1) is 0 Å². The van der Waals surface area contributed by atoms with Crippen LogP contribution in [0, 0.1) is 0 Å². The van der Waals surface area contributed by atoms with Crippen LogP contribution in [0.1, 0.15) is 13.8 Å². The summed E-state index contributed by atoms with van der Waals surface area (Å²) in [4.78, 5) is 0.